The largest absolute Gasteiger partial charge is 0.394 e. The van der Waals surface area contributed by atoms with Gasteiger partial charge in [-0.15, -0.1) is 0 Å². The van der Waals surface area contributed by atoms with Crippen LogP contribution in [0.5, 0.6) is 0 Å². The van der Waals surface area contributed by atoms with Crippen LogP contribution < -0.4 is 10.6 Å². The van der Waals surface area contributed by atoms with E-state index < -0.39 is 6.10 Å². The van der Waals surface area contributed by atoms with Crippen molar-refractivity contribution in [3.05, 3.63) is 0 Å². The Bertz CT molecular complexity index is 215. The van der Waals surface area contributed by atoms with Crippen LogP contribution in [-0.4, -0.2) is 48.5 Å². The fraction of sp³-hybridized carbons (Fsp3) is 0.900. The van der Waals surface area contributed by atoms with E-state index in [4.69, 9.17) is 10.2 Å². The van der Waals surface area contributed by atoms with Crippen molar-refractivity contribution in [2.45, 2.75) is 25.9 Å². The first kappa shape index (κ1) is 12.4. The van der Waals surface area contributed by atoms with E-state index in [9.17, 15) is 4.79 Å². The van der Waals surface area contributed by atoms with Gasteiger partial charge in [0.2, 0.25) is 5.91 Å². The van der Waals surface area contributed by atoms with E-state index in [-0.39, 0.29) is 24.5 Å². The lowest BCUT2D eigenvalue weighted by atomic mass is 9.83. The average molecular weight is 216 g/mol. The molecule has 1 heterocycles. The predicted molar refractivity (Wildman–Crippen MR) is 56.3 cm³/mol. The minimum absolute atomic E-state index is 0.0255. The molecule has 1 rings (SSSR count). The molecule has 1 fully saturated rings. The van der Waals surface area contributed by atoms with E-state index in [0.29, 0.717) is 6.54 Å². The SMILES string of the molecule is CCC1(C(=O)NCC(O)CO)CCNC1. The Kier molecular flexibility index (Phi) is 4.50. The molecule has 0 aromatic rings. The van der Waals surface area contributed by atoms with Crippen LogP contribution in [0.2, 0.25) is 0 Å². The number of carbonyl (C=O) groups excluding carboxylic acids is 1. The highest BCUT2D eigenvalue weighted by Crippen LogP contribution is 2.29. The number of rotatable bonds is 5. The molecule has 0 radical (unpaired) electrons. The first-order valence-corrected chi connectivity index (χ1v) is 5.42. The number of carbonyl (C=O) groups is 1. The Morgan fingerprint density at radius 3 is 2.87 bits per heavy atom. The van der Waals surface area contributed by atoms with Gasteiger partial charge in [0.25, 0.3) is 0 Å². The maximum absolute atomic E-state index is 11.9. The van der Waals surface area contributed by atoms with Gasteiger partial charge in [0.1, 0.15) is 0 Å². The van der Waals surface area contributed by atoms with Gasteiger partial charge in [0.15, 0.2) is 0 Å². The van der Waals surface area contributed by atoms with Gasteiger partial charge in [-0.3, -0.25) is 4.79 Å². The smallest absolute Gasteiger partial charge is 0.227 e. The zero-order valence-electron chi connectivity index (χ0n) is 9.12. The molecule has 88 valence electrons. The second-order valence-corrected chi connectivity index (χ2v) is 4.11. The van der Waals surface area contributed by atoms with Gasteiger partial charge < -0.3 is 20.8 Å². The standard InChI is InChI=1S/C10H20N2O3/c1-2-10(3-4-11-7-10)9(15)12-5-8(14)6-13/h8,11,13-14H,2-7H2,1H3,(H,12,15). The van der Waals surface area contributed by atoms with E-state index in [1.807, 2.05) is 6.92 Å². The molecule has 5 heteroatoms. The van der Waals surface area contributed by atoms with Crippen molar-refractivity contribution in [1.82, 2.24) is 10.6 Å². The Morgan fingerprint density at radius 1 is 1.67 bits per heavy atom. The molecule has 2 unspecified atom stereocenters. The van der Waals surface area contributed by atoms with Crippen LogP contribution in [0.15, 0.2) is 0 Å². The normalized spacial score (nSPS) is 27.7. The average Bonchev–Trinajstić information content (AvgIpc) is 2.75. The Morgan fingerprint density at radius 2 is 2.40 bits per heavy atom. The third-order valence-corrected chi connectivity index (χ3v) is 3.11. The molecule has 4 N–H and O–H groups in total. The van der Waals surface area contributed by atoms with Crippen molar-refractivity contribution in [1.29, 1.82) is 0 Å². The summed E-state index contributed by atoms with van der Waals surface area (Å²) in [4.78, 5) is 11.9. The summed E-state index contributed by atoms with van der Waals surface area (Å²) < 4.78 is 0. The highest BCUT2D eigenvalue weighted by atomic mass is 16.3. The lowest BCUT2D eigenvalue weighted by Gasteiger charge is -2.25. The van der Waals surface area contributed by atoms with Gasteiger partial charge in [0, 0.05) is 13.1 Å². The zero-order valence-corrected chi connectivity index (χ0v) is 9.12. The third kappa shape index (κ3) is 2.90. The molecule has 2 atom stereocenters. The number of aliphatic hydroxyl groups is 2. The minimum atomic E-state index is -0.864. The van der Waals surface area contributed by atoms with Gasteiger partial charge in [-0.1, -0.05) is 6.92 Å². The maximum atomic E-state index is 11.9. The van der Waals surface area contributed by atoms with Crippen LogP contribution >= 0.6 is 0 Å². The monoisotopic (exact) mass is 216 g/mol. The summed E-state index contributed by atoms with van der Waals surface area (Å²) in [6.45, 7) is 3.36. The van der Waals surface area contributed by atoms with Crippen molar-refractivity contribution >= 4 is 5.91 Å². The van der Waals surface area contributed by atoms with Crippen LogP contribution in [0.3, 0.4) is 0 Å². The van der Waals surface area contributed by atoms with Crippen molar-refractivity contribution in [2.75, 3.05) is 26.2 Å². The highest BCUT2D eigenvalue weighted by Gasteiger charge is 2.39. The first-order valence-electron chi connectivity index (χ1n) is 5.42. The number of hydrogen-bond acceptors (Lipinski definition) is 4. The minimum Gasteiger partial charge on any atom is -0.394 e. The molecule has 1 amide bonds. The molecule has 1 aliphatic heterocycles. The Hall–Kier alpha value is -0.650. The summed E-state index contributed by atoms with van der Waals surface area (Å²) in [6.07, 6.45) is 0.767. The van der Waals surface area contributed by atoms with Gasteiger partial charge in [0.05, 0.1) is 18.1 Å². The second-order valence-electron chi connectivity index (χ2n) is 4.11. The lowest BCUT2D eigenvalue weighted by Crippen LogP contribution is -2.45. The molecular weight excluding hydrogens is 196 g/mol. The van der Waals surface area contributed by atoms with Crippen LogP contribution in [0, 0.1) is 5.41 Å². The van der Waals surface area contributed by atoms with Crippen LogP contribution in [0.4, 0.5) is 0 Å². The third-order valence-electron chi connectivity index (χ3n) is 3.11. The first-order chi connectivity index (χ1) is 7.14. The summed E-state index contributed by atoms with van der Waals surface area (Å²) in [7, 11) is 0. The summed E-state index contributed by atoms with van der Waals surface area (Å²) in [5.41, 5.74) is -0.324. The van der Waals surface area contributed by atoms with Crippen LogP contribution in [0.25, 0.3) is 0 Å². The molecule has 0 bridgehead atoms. The van der Waals surface area contributed by atoms with Crippen molar-refractivity contribution in [3.8, 4) is 0 Å². The molecule has 0 spiro atoms. The summed E-state index contributed by atoms with van der Waals surface area (Å²) in [6, 6.07) is 0. The fourth-order valence-electron chi connectivity index (χ4n) is 1.86. The number of hydrogen-bond donors (Lipinski definition) is 4. The van der Waals surface area contributed by atoms with Crippen molar-refractivity contribution in [3.63, 3.8) is 0 Å². The lowest BCUT2D eigenvalue weighted by molar-refractivity contribution is -0.130. The molecule has 0 saturated carbocycles. The highest BCUT2D eigenvalue weighted by molar-refractivity contribution is 5.83. The predicted octanol–water partition coefficient (Wildman–Crippen LogP) is -1.15. The summed E-state index contributed by atoms with van der Waals surface area (Å²) in [5.74, 6) is -0.0255. The maximum Gasteiger partial charge on any atom is 0.227 e. The topological polar surface area (TPSA) is 81.6 Å². The van der Waals surface area contributed by atoms with E-state index >= 15 is 0 Å². The van der Waals surface area contributed by atoms with E-state index in [1.54, 1.807) is 0 Å². The fourth-order valence-corrected chi connectivity index (χ4v) is 1.86. The van der Waals surface area contributed by atoms with Gasteiger partial charge in [-0.05, 0) is 19.4 Å². The van der Waals surface area contributed by atoms with E-state index in [0.717, 1.165) is 19.4 Å². The molecule has 0 aromatic heterocycles. The van der Waals surface area contributed by atoms with E-state index in [1.165, 1.54) is 0 Å². The Balaban J connectivity index is 2.44. The van der Waals surface area contributed by atoms with Gasteiger partial charge >= 0.3 is 0 Å². The summed E-state index contributed by atoms with van der Waals surface area (Å²) in [5, 5.41) is 23.6. The second kappa shape index (κ2) is 5.44. The van der Waals surface area contributed by atoms with Gasteiger partial charge in [-0.2, -0.15) is 0 Å². The number of nitrogens with one attached hydrogen (secondary N) is 2. The van der Waals surface area contributed by atoms with Crippen molar-refractivity contribution < 1.29 is 15.0 Å². The molecule has 0 aliphatic carbocycles. The van der Waals surface area contributed by atoms with Gasteiger partial charge in [-0.25, -0.2) is 0 Å². The number of amides is 1. The number of aliphatic hydroxyl groups excluding tert-OH is 2. The quantitative estimate of drug-likeness (QED) is 0.467. The Labute approximate surface area is 89.9 Å². The molecule has 1 saturated heterocycles. The van der Waals surface area contributed by atoms with Crippen molar-refractivity contribution in [2.24, 2.45) is 5.41 Å². The molecule has 1 aliphatic rings. The molecule has 15 heavy (non-hydrogen) atoms. The van der Waals surface area contributed by atoms with E-state index in [2.05, 4.69) is 10.6 Å². The molecule has 5 nitrogen and oxygen atoms in total. The molecule has 0 aromatic carbocycles. The molecular formula is C10H20N2O3. The summed E-state index contributed by atoms with van der Waals surface area (Å²) >= 11 is 0. The zero-order chi connectivity index (χ0) is 11.3. The van der Waals surface area contributed by atoms with Crippen LogP contribution in [-0.2, 0) is 4.79 Å². The van der Waals surface area contributed by atoms with Crippen LogP contribution in [0.1, 0.15) is 19.8 Å².